The maximum absolute atomic E-state index is 5.61. The van der Waals surface area contributed by atoms with Crippen molar-refractivity contribution in [2.24, 2.45) is 10.4 Å². The highest BCUT2D eigenvalue weighted by Crippen LogP contribution is 2.48. The van der Waals surface area contributed by atoms with Crippen LogP contribution in [0.5, 0.6) is 0 Å². The molecule has 2 rings (SSSR count). The van der Waals surface area contributed by atoms with Crippen molar-refractivity contribution in [3.8, 4) is 0 Å². The Labute approximate surface area is 122 Å². The molecule has 0 spiro atoms. The van der Waals surface area contributed by atoms with Crippen LogP contribution in [0.25, 0.3) is 0 Å². The van der Waals surface area contributed by atoms with Gasteiger partial charge < -0.3 is 20.1 Å². The summed E-state index contributed by atoms with van der Waals surface area (Å²) in [6, 6.07) is 0. The Bertz CT molecular complexity index is 310. The van der Waals surface area contributed by atoms with E-state index in [1.54, 1.807) is 0 Å². The van der Waals surface area contributed by atoms with E-state index in [9.17, 15) is 0 Å². The summed E-state index contributed by atoms with van der Waals surface area (Å²) < 4.78 is 11.1. The van der Waals surface area contributed by atoms with Crippen LogP contribution in [0.15, 0.2) is 4.99 Å². The van der Waals surface area contributed by atoms with Crippen LogP contribution in [0.3, 0.4) is 0 Å². The molecule has 1 aliphatic carbocycles. The second-order valence-electron chi connectivity index (χ2n) is 5.89. The van der Waals surface area contributed by atoms with Gasteiger partial charge in [-0.3, -0.25) is 4.99 Å². The maximum Gasteiger partial charge on any atom is 0.191 e. The van der Waals surface area contributed by atoms with Gasteiger partial charge in [-0.05, 0) is 44.4 Å². The highest BCUT2D eigenvalue weighted by molar-refractivity contribution is 5.79. The van der Waals surface area contributed by atoms with Crippen molar-refractivity contribution >= 4 is 5.96 Å². The fraction of sp³-hybridized carbons (Fsp3) is 0.933. The standard InChI is InChI=1S/C15H29N3O2/c1-3-19-10-8-15(6-7-15)12-18-14(16-2)17-11-13-5-4-9-20-13/h13H,3-12H2,1-2H3,(H2,16,17,18). The number of rotatable bonds is 8. The number of ether oxygens (including phenoxy) is 2. The van der Waals surface area contributed by atoms with E-state index in [0.717, 1.165) is 51.7 Å². The molecule has 2 N–H and O–H groups in total. The third-order valence-electron chi connectivity index (χ3n) is 4.31. The highest BCUT2D eigenvalue weighted by Gasteiger charge is 2.41. The molecule has 116 valence electrons. The average Bonchev–Trinajstić information content (AvgIpc) is 3.03. The second kappa shape index (κ2) is 7.84. The van der Waals surface area contributed by atoms with Crippen molar-refractivity contribution in [2.75, 3.05) is 40.0 Å². The summed E-state index contributed by atoms with van der Waals surface area (Å²) in [5.41, 5.74) is 0.441. The number of nitrogens with zero attached hydrogens (tertiary/aromatic N) is 1. The Kier molecular flexibility index (Phi) is 6.10. The second-order valence-corrected chi connectivity index (χ2v) is 5.89. The Balaban J connectivity index is 1.63. The first-order valence-electron chi connectivity index (χ1n) is 7.92. The molecule has 0 aromatic heterocycles. The van der Waals surface area contributed by atoms with Gasteiger partial charge in [-0.1, -0.05) is 0 Å². The highest BCUT2D eigenvalue weighted by atomic mass is 16.5. The molecule has 1 unspecified atom stereocenters. The van der Waals surface area contributed by atoms with E-state index in [4.69, 9.17) is 9.47 Å². The van der Waals surface area contributed by atoms with Crippen LogP contribution >= 0.6 is 0 Å². The molecule has 0 radical (unpaired) electrons. The van der Waals surface area contributed by atoms with E-state index in [1.165, 1.54) is 19.3 Å². The zero-order valence-corrected chi connectivity index (χ0v) is 12.9. The summed E-state index contributed by atoms with van der Waals surface area (Å²) >= 11 is 0. The minimum Gasteiger partial charge on any atom is -0.382 e. The molecule has 0 amide bonds. The Hall–Kier alpha value is -0.810. The topological polar surface area (TPSA) is 54.9 Å². The molecule has 5 heteroatoms. The van der Waals surface area contributed by atoms with Gasteiger partial charge in [0.15, 0.2) is 5.96 Å². The van der Waals surface area contributed by atoms with Crippen LogP contribution in [-0.4, -0.2) is 52.0 Å². The molecule has 1 heterocycles. The molecule has 1 saturated carbocycles. The summed E-state index contributed by atoms with van der Waals surface area (Å²) in [7, 11) is 1.82. The quantitative estimate of drug-likeness (QED) is 0.403. The van der Waals surface area contributed by atoms with Crippen molar-refractivity contribution in [1.29, 1.82) is 0 Å². The van der Waals surface area contributed by atoms with Crippen molar-refractivity contribution in [3.05, 3.63) is 0 Å². The van der Waals surface area contributed by atoms with Gasteiger partial charge in [-0.25, -0.2) is 0 Å². The molecule has 1 atom stereocenters. The van der Waals surface area contributed by atoms with Gasteiger partial charge in [0.1, 0.15) is 0 Å². The largest absolute Gasteiger partial charge is 0.382 e. The lowest BCUT2D eigenvalue weighted by Crippen LogP contribution is -2.43. The molecule has 0 aromatic carbocycles. The van der Waals surface area contributed by atoms with Gasteiger partial charge in [0.25, 0.3) is 0 Å². The number of nitrogens with one attached hydrogen (secondary N) is 2. The lowest BCUT2D eigenvalue weighted by molar-refractivity contribution is 0.113. The van der Waals surface area contributed by atoms with Gasteiger partial charge in [-0.15, -0.1) is 0 Å². The van der Waals surface area contributed by atoms with Crippen LogP contribution in [0.4, 0.5) is 0 Å². The Morgan fingerprint density at radius 2 is 2.25 bits per heavy atom. The molecule has 1 aliphatic heterocycles. The summed E-state index contributed by atoms with van der Waals surface area (Å²) in [5.74, 6) is 0.892. The number of hydrogen-bond donors (Lipinski definition) is 2. The third kappa shape index (κ3) is 4.94. The van der Waals surface area contributed by atoms with Gasteiger partial charge in [0, 0.05) is 40.0 Å². The number of guanidine groups is 1. The first-order valence-corrected chi connectivity index (χ1v) is 7.92. The van der Waals surface area contributed by atoms with Crippen molar-refractivity contribution < 1.29 is 9.47 Å². The molecule has 2 fully saturated rings. The van der Waals surface area contributed by atoms with E-state index in [-0.39, 0.29) is 0 Å². The van der Waals surface area contributed by atoms with Crippen LogP contribution < -0.4 is 10.6 Å². The van der Waals surface area contributed by atoms with Gasteiger partial charge in [0.05, 0.1) is 6.10 Å². The molecular formula is C15H29N3O2. The van der Waals surface area contributed by atoms with E-state index in [1.807, 2.05) is 7.05 Å². The molecule has 20 heavy (non-hydrogen) atoms. The van der Waals surface area contributed by atoms with Crippen LogP contribution in [0.1, 0.15) is 39.0 Å². The monoisotopic (exact) mass is 283 g/mol. The fourth-order valence-electron chi connectivity index (χ4n) is 2.63. The van der Waals surface area contributed by atoms with E-state index < -0.39 is 0 Å². The number of hydrogen-bond acceptors (Lipinski definition) is 3. The van der Waals surface area contributed by atoms with Gasteiger partial charge in [-0.2, -0.15) is 0 Å². The zero-order valence-electron chi connectivity index (χ0n) is 12.9. The van der Waals surface area contributed by atoms with Crippen LogP contribution in [-0.2, 0) is 9.47 Å². The third-order valence-corrected chi connectivity index (χ3v) is 4.31. The molecule has 1 saturated heterocycles. The predicted octanol–water partition coefficient (Wildman–Crippen LogP) is 1.54. The first kappa shape index (κ1) is 15.6. The predicted molar refractivity (Wildman–Crippen MR) is 81.1 cm³/mol. The molecule has 2 aliphatic rings. The van der Waals surface area contributed by atoms with Crippen molar-refractivity contribution in [3.63, 3.8) is 0 Å². The zero-order chi connectivity index (χ0) is 14.3. The van der Waals surface area contributed by atoms with E-state index in [2.05, 4.69) is 22.5 Å². The first-order chi connectivity index (χ1) is 9.78. The van der Waals surface area contributed by atoms with Crippen molar-refractivity contribution in [2.45, 2.75) is 45.1 Å². The fourth-order valence-corrected chi connectivity index (χ4v) is 2.63. The van der Waals surface area contributed by atoms with Gasteiger partial charge >= 0.3 is 0 Å². The smallest absolute Gasteiger partial charge is 0.191 e. The van der Waals surface area contributed by atoms with Crippen LogP contribution in [0, 0.1) is 5.41 Å². The Morgan fingerprint density at radius 3 is 2.85 bits per heavy atom. The summed E-state index contributed by atoms with van der Waals surface area (Å²) in [4.78, 5) is 4.28. The molecular weight excluding hydrogens is 254 g/mol. The minimum atomic E-state index is 0.349. The van der Waals surface area contributed by atoms with Crippen LogP contribution in [0.2, 0.25) is 0 Å². The molecule has 0 aromatic rings. The Morgan fingerprint density at radius 1 is 1.40 bits per heavy atom. The van der Waals surface area contributed by atoms with E-state index in [0.29, 0.717) is 11.5 Å². The minimum absolute atomic E-state index is 0.349. The molecule has 0 bridgehead atoms. The van der Waals surface area contributed by atoms with Crippen molar-refractivity contribution in [1.82, 2.24) is 10.6 Å². The summed E-state index contributed by atoms with van der Waals surface area (Å²) in [6.45, 7) is 6.48. The lowest BCUT2D eigenvalue weighted by Gasteiger charge is -2.19. The SMILES string of the molecule is CCOCCC1(CNC(=NC)NCC2CCCO2)CC1. The summed E-state index contributed by atoms with van der Waals surface area (Å²) in [6.07, 6.45) is 6.44. The average molecular weight is 283 g/mol. The van der Waals surface area contributed by atoms with E-state index >= 15 is 0 Å². The maximum atomic E-state index is 5.61. The number of aliphatic imine (C=N–C) groups is 1. The molecule has 5 nitrogen and oxygen atoms in total. The van der Waals surface area contributed by atoms with Gasteiger partial charge in [0.2, 0.25) is 0 Å². The normalized spacial score (nSPS) is 24.7. The lowest BCUT2D eigenvalue weighted by atomic mass is 10.0. The summed E-state index contributed by atoms with van der Waals surface area (Å²) in [5, 5.41) is 6.81.